The number of piperidine rings is 1. The summed E-state index contributed by atoms with van der Waals surface area (Å²) in [5.41, 5.74) is 1.06. The van der Waals surface area contributed by atoms with E-state index >= 15 is 0 Å². The van der Waals surface area contributed by atoms with E-state index in [-0.39, 0.29) is 35.8 Å². The third-order valence-electron chi connectivity index (χ3n) is 7.76. The summed E-state index contributed by atoms with van der Waals surface area (Å²) in [4.78, 5) is 15.0. The van der Waals surface area contributed by atoms with Crippen LogP contribution in [-0.2, 0) is 21.4 Å². The zero-order chi connectivity index (χ0) is 23.5. The molecule has 3 aliphatic rings. The summed E-state index contributed by atoms with van der Waals surface area (Å²) in [6, 6.07) is 13.3. The molecule has 2 aromatic carbocycles. The second-order valence-corrected chi connectivity index (χ2v) is 9.26. The molecule has 2 aliphatic carbocycles. The number of hydrogen-bond donors (Lipinski definition) is 1. The van der Waals surface area contributed by atoms with Crippen LogP contribution in [-0.4, -0.2) is 68.3 Å². The highest BCUT2D eigenvalue weighted by molar-refractivity contribution is 5.93. The van der Waals surface area contributed by atoms with Gasteiger partial charge in [-0.2, -0.15) is 4.68 Å². The molecule has 0 radical (unpaired) electrons. The number of para-hydroxylation sites is 1. The number of tetrazole rings is 1. The minimum atomic E-state index is -0.720. The largest absolute Gasteiger partial charge is 0.504 e. The zero-order valence-electron chi connectivity index (χ0n) is 19.0. The third kappa shape index (κ3) is 2.74. The maximum absolute atomic E-state index is 12.7. The predicted octanol–water partition coefficient (Wildman–Crippen LogP) is 2.57. The van der Waals surface area contributed by atoms with E-state index in [1.54, 1.807) is 19.3 Å². The van der Waals surface area contributed by atoms with Crippen molar-refractivity contribution in [2.24, 2.45) is 0 Å². The molecule has 0 saturated carbocycles. The van der Waals surface area contributed by atoms with Crippen LogP contribution in [0.5, 0.6) is 17.5 Å². The number of phenolic OH excluding ortho intramolecular Hbond substituents is 1. The number of rotatable bonds is 4. The van der Waals surface area contributed by atoms with Crippen LogP contribution >= 0.6 is 0 Å². The van der Waals surface area contributed by atoms with Gasteiger partial charge in [0.25, 0.3) is 0 Å². The van der Waals surface area contributed by atoms with Crippen LogP contribution in [0.1, 0.15) is 24.0 Å². The Morgan fingerprint density at radius 1 is 1.18 bits per heavy atom. The predicted molar refractivity (Wildman–Crippen MR) is 122 cm³/mol. The van der Waals surface area contributed by atoms with Gasteiger partial charge in [0.2, 0.25) is 0 Å². The normalized spacial score (nSPS) is 27.8. The van der Waals surface area contributed by atoms with E-state index < -0.39 is 11.0 Å². The van der Waals surface area contributed by atoms with Crippen molar-refractivity contribution in [1.82, 2.24) is 25.1 Å². The molecule has 1 N–H and O–H groups in total. The molecule has 2 bridgehead atoms. The highest BCUT2D eigenvalue weighted by Gasteiger charge is 2.65. The first kappa shape index (κ1) is 21.0. The molecular formula is C25H25N5O4. The number of nitrogens with zero attached hydrogens (tertiary/aromatic N) is 5. The quantitative estimate of drug-likeness (QED) is 0.635. The lowest BCUT2D eigenvalue weighted by molar-refractivity contribution is -0.147. The Labute approximate surface area is 196 Å². The lowest BCUT2D eigenvalue weighted by Gasteiger charge is -2.62. The molecule has 34 heavy (non-hydrogen) atoms. The Morgan fingerprint density at radius 3 is 2.79 bits per heavy atom. The van der Waals surface area contributed by atoms with Gasteiger partial charge in [0.1, 0.15) is 5.60 Å². The molecule has 0 amide bonds. The molecule has 9 heteroatoms. The number of methoxy groups -OCH3 is 1. The molecule has 174 valence electrons. The second kappa shape index (κ2) is 7.48. The fourth-order valence-corrected chi connectivity index (χ4v) is 6.23. The Kier molecular flexibility index (Phi) is 4.62. The Hall–Kier alpha value is -3.56. The Bertz CT molecular complexity index is 1310. The van der Waals surface area contributed by atoms with Gasteiger partial charge in [-0.15, -0.1) is 0 Å². The van der Waals surface area contributed by atoms with Crippen molar-refractivity contribution in [3.8, 4) is 23.2 Å². The van der Waals surface area contributed by atoms with Crippen molar-refractivity contribution in [1.29, 1.82) is 0 Å². The lowest BCUT2D eigenvalue weighted by atomic mass is 9.51. The molecule has 1 saturated heterocycles. The molecular weight excluding hydrogens is 434 g/mol. The summed E-state index contributed by atoms with van der Waals surface area (Å²) < 4.78 is 13.7. The van der Waals surface area contributed by atoms with Crippen molar-refractivity contribution in [3.63, 3.8) is 0 Å². The van der Waals surface area contributed by atoms with Gasteiger partial charge < -0.3 is 14.6 Å². The van der Waals surface area contributed by atoms with Gasteiger partial charge in [-0.3, -0.25) is 9.69 Å². The van der Waals surface area contributed by atoms with Gasteiger partial charge in [-0.1, -0.05) is 29.4 Å². The molecule has 6 rings (SSSR count). The standard InChI is InChI=1S/C25H25N5O4/c1-29-13-12-24-15-18(31)10-11-25(24,33-2)20(29)14-16-8-9-19(22(32)21(16)24)34-23-26-27-28-30(23)17-6-4-3-5-7-17/h3-11,20,32H,12-15H2,1-2H3/t20-,24-,25-/m1/s1. The summed E-state index contributed by atoms with van der Waals surface area (Å²) in [5.74, 6) is 0.277. The van der Waals surface area contributed by atoms with Crippen LogP contribution in [0.2, 0.25) is 0 Å². The molecule has 1 aromatic heterocycles. The highest BCUT2D eigenvalue weighted by atomic mass is 16.5. The van der Waals surface area contributed by atoms with Crippen LogP contribution in [0, 0.1) is 0 Å². The summed E-state index contributed by atoms with van der Waals surface area (Å²) in [7, 11) is 3.78. The van der Waals surface area contributed by atoms with Crippen LogP contribution in [0.4, 0.5) is 0 Å². The Balaban J connectivity index is 1.49. The van der Waals surface area contributed by atoms with E-state index in [4.69, 9.17) is 9.47 Å². The van der Waals surface area contributed by atoms with E-state index in [1.807, 2.05) is 42.5 Å². The molecule has 0 spiro atoms. The molecule has 1 aliphatic heterocycles. The van der Waals surface area contributed by atoms with Crippen LogP contribution < -0.4 is 4.74 Å². The van der Waals surface area contributed by atoms with Gasteiger partial charge >= 0.3 is 6.01 Å². The first-order valence-electron chi connectivity index (χ1n) is 11.3. The SMILES string of the molecule is CO[C@@]12C=CC(=O)C[C@@]13CCN(C)[C@@H]2Cc1ccc(Oc2nnnn2-c2ccccc2)c(O)c13. The number of ether oxygens (including phenoxy) is 2. The first-order valence-corrected chi connectivity index (χ1v) is 11.3. The number of allylic oxidation sites excluding steroid dienone is 1. The smallest absolute Gasteiger partial charge is 0.346 e. The minimum Gasteiger partial charge on any atom is -0.504 e. The number of benzene rings is 2. The monoisotopic (exact) mass is 459 g/mol. The van der Waals surface area contributed by atoms with Crippen molar-refractivity contribution < 1.29 is 19.4 Å². The number of aromatic hydroxyl groups is 1. The van der Waals surface area contributed by atoms with E-state index in [2.05, 4.69) is 27.5 Å². The first-order chi connectivity index (χ1) is 16.5. The molecule has 0 unspecified atom stereocenters. The molecule has 9 nitrogen and oxygen atoms in total. The number of carbonyl (C=O) groups excluding carboxylic acids is 1. The summed E-state index contributed by atoms with van der Waals surface area (Å²) in [5, 5.41) is 23.4. The van der Waals surface area contributed by atoms with Crippen molar-refractivity contribution in [2.75, 3.05) is 20.7 Å². The van der Waals surface area contributed by atoms with Gasteiger partial charge in [-0.25, -0.2) is 0 Å². The maximum atomic E-state index is 12.7. The third-order valence-corrected chi connectivity index (χ3v) is 7.76. The topological polar surface area (TPSA) is 103 Å². The number of aromatic nitrogens is 4. The van der Waals surface area contributed by atoms with Crippen LogP contribution in [0.3, 0.4) is 0 Å². The zero-order valence-corrected chi connectivity index (χ0v) is 19.0. The van der Waals surface area contributed by atoms with Gasteiger partial charge in [-0.05, 0) is 72.8 Å². The summed E-state index contributed by atoms with van der Waals surface area (Å²) in [6.07, 6.45) is 5.17. The van der Waals surface area contributed by atoms with Crippen molar-refractivity contribution in [3.05, 3.63) is 65.7 Å². The van der Waals surface area contributed by atoms with Gasteiger partial charge in [0.05, 0.1) is 5.69 Å². The van der Waals surface area contributed by atoms with E-state index in [0.717, 1.165) is 23.4 Å². The molecule has 2 heterocycles. The number of carbonyl (C=O) groups is 1. The molecule has 3 aromatic rings. The summed E-state index contributed by atoms with van der Waals surface area (Å²) in [6.45, 7) is 0.799. The van der Waals surface area contributed by atoms with Crippen LogP contribution in [0.25, 0.3) is 5.69 Å². The highest BCUT2D eigenvalue weighted by Crippen LogP contribution is 2.60. The minimum absolute atomic E-state index is 0.00707. The number of phenols is 1. The van der Waals surface area contributed by atoms with E-state index in [0.29, 0.717) is 12.8 Å². The number of fused-ring (bicyclic) bond motifs is 1. The van der Waals surface area contributed by atoms with E-state index in [1.165, 1.54) is 4.68 Å². The van der Waals surface area contributed by atoms with Crippen molar-refractivity contribution >= 4 is 5.78 Å². The lowest BCUT2D eigenvalue weighted by Crippen LogP contribution is -2.72. The fraction of sp³-hybridized carbons (Fsp3) is 0.360. The number of likely N-dealkylation sites (tertiary alicyclic amines) is 1. The maximum Gasteiger partial charge on any atom is 0.346 e. The van der Waals surface area contributed by atoms with Gasteiger partial charge in [0, 0.05) is 30.6 Å². The van der Waals surface area contributed by atoms with E-state index in [9.17, 15) is 9.90 Å². The Morgan fingerprint density at radius 2 is 2.00 bits per heavy atom. The number of likely N-dealkylation sites (N-methyl/N-ethyl adjacent to an activating group) is 1. The van der Waals surface area contributed by atoms with Gasteiger partial charge in [0.15, 0.2) is 17.3 Å². The number of ketones is 1. The average molecular weight is 460 g/mol. The molecule has 1 fully saturated rings. The summed E-state index contributed by atoms with van der Waals surface area (Å²) >= 11 is 0. The molecule has 3 atom stereocenters. The van der Waals surface area contributed by atoms with Crippen molar-refractivity contribution in [2.45, 2.75) is 36.3 Å². The fourth-order valence-electron chi connectivity index (χ4n) is 6.23. The second-order valence-electron chi connectivity index (χ2n) is 9.26. The number of hydrogen-bond acceptors (Lipinski definition) is 8. The van der Waals surface area contributed by atoms with Crippen LogP contribution in [0.15, 0.2) is 54.6 Å². The average Bonchev–Trinajstić information content (AvgIpc) is 3.31.